The molecule has 1 fully saturated rings. The first-order valence-electron chi connectivity index (χ1n) is 8.56. The highest BCUT2D eigenvalue weighted by Crippen LogP contribution is 2.33. The number of ketones is 1. The lowest BCUT2D eigenvalue weighted by molar-refractivity contribution is -0.114. The second kappa shape index (κ2) is 7.63. The molecule has 0 spiro atoms. The number of fused-ring (bicyclic) bond motifs is 1. The Bertz CT molecular complexity index is 859. The van der Waals surface area contributed by atoms with E-state index >= 15 is 0 Å². The predicted octanol–water partition coefficient (Wildman–Crippen LogP) is 0.346. The van der Waals surface area contributed by atoms with Crippen LogP contribution in [-0.4, -0.2) is 75.1 Å². The molecular formula is C17H21FN2O6S. The van der Waals surface area contributed by atoms with E-state index in [0.717, 1.165) is 4.90 Å². The van der Waals surface area contributed by atoms with E-state index in [1.54, 1.807) is 0 Å². The number of methoxy groups -OCH3 is 1. The molecule has 0 aliphatic carbocycles. The van der Waals surface area contributed by atoms with Crippen molar-refractivity contribution in [1.82, 2.24) is 4.31 Å². The number of sulfonamides is 1. The van der Waals surface area contributed by atoms with Gasteiger partial charge in [-0.25, -0.2) is 12.8 Å². The molecule has 0 bridgehead atoms. The van der Waals surface area contributed by atoms with E-state index < -0.39 is 34.5 Å². The number of anilines is 1. The first kappa shape index (κ1) is 19.9. The summed E-state index contributed by atoms with van der Waals surface area (Å²) in [5.41, 5.74) is 0.112. The molecule has 10 heteroatoms. The molecule has 1 aromatic rings. The van der Waals surface area contributed by atoms with Crippen LogP contribution in [0.5, 0.6) is 0 Å². The van der Waals surface area contributed by atoms with Crippen molar-refractivity contribution in [3.05, 3.63) is 23.8 Å². The molecule has 3 rings (SSSR count). The molecule has 27 heavy (non-hydrogen) atoms. The molecule has 1 N–H and O–H groups in total. The van der Waals surface area contributed by atoms with Gasteiger partial charge in [0.05, 0.1) is 29.3 Å². The van der Waals surface area contributed by atoms with Crippen LogP contribution in [0.25, 0.3) is 0 Å². The van der Waals surface area contributed by atoms with Gasteiger partial charge in [0, 0.05) is 19.7 Å². The summed E-state index contributed by atoms with van der Waals surface area (Å²) in [5.74, 6) is -1.78. The molecule has 1 saturated heterocycles. The number of carbonyl (C=O) groups is 2. The van der Waals surface area contributed by atoms with E-state index in [2.05, 4.69) is 0 Å². The summed E-state index contributed by atoms with van der Waals surface area (Å²) < 4.78 is 45.0. The second-order valence-electron chi connectivity index (χ2n) is 6.60. The molecule has 0 radical (unpaired) electrons. The Morgan fingerprint density at radius 1 is 1.37 bits per heavy atom. The van der Waals surface area contributed by atoms with Crippen LogP contribution in [0.1, 0.15) is 23.2 Å². The molecule has 1 aromatic carbocycles. The van der Waals surface area contributed by atoms with Crippen molar-refractivity contribution in [3.63, 3.8) is 0 Å². The van der Waals surface area contributed by atoms with Gasteiger partial charge >= 0.3 is 0 Å². The summed E-state index contributed by atoms with van der Waals surface area (Å²) in [6, 6.07) is 3.56. The van der Waals surface area contributed by atoms with Crippen molar-refractivity contribution in [3.8, 4) is 0 Å². The van der Waals surface area contributed by atoms with Crippen LogP contribution in [0.3, 0.4) is 0 Å². The molecule has 148 valence electrons. The lowest BCUT2D eigenvalue weighted by Gasteiger charge is -2.24. The van der Waals surface area contributed by atoms with Crippen LogP contribution in [0.4, 0.5) is 10.1 Å². The number of benzene rings is 1. The number of amides is 1. The normalized spacial score (nSPS) is 21.7. The third kappa shape index (κ3) is 3.49. The van der Waals surface area contributed by atoms with Crippen LogP contribution in [-0.2, 0) is 19.6 Å². The minimum atomic E-state index is -3.86. The Morgan fingerprint density at radius 3 is 2.78 bits per heavy atom. The summed E-state index contributed by atoms with van der Waals surface area (Å²) in [7, 11) is -2.35. The minimum absolute atomic E-state index is 0.0605. The van der Waals surface area contributed by atoms with Gasteiger partial charge in [0.2, 0.25) is 10.0 Å². The maximum Gasteiger partial charge on any atom is 0.299 e. The third-order valence-corrected chi connectivity index (χ3v) is 6.75. The SMILES string of the molecule is COC[C@H]1CCCN1S(=O)(=O)c1ccc2c(c1)C(=O)C(=O)N2C[C@H](O)CF. The van der Waals surface area contributed by atoms with Gasteiger partial charge in [0.25, 0.3) is 11.7 Å². The number of hydrogen-bond donors (Lipinski definition) is 1. The van der Waals surface area contributed by atoms with Crippen molar-refractivity contribution in [2.24, 2.45) is 0 Å². The number of rotatable bonds is 7. The van der Waals surface area contributed by atoms with Crippen molar-refractivity contribution < 1.29 is 32.2 Å². The zero-order valence-electron chi connectivity index (χ0n) is 14.8. The largest absolute Gasteiger partial charge is 0.389 e. The van der Waals surface area contributed by atoms with Gasteiger partial charge in [-0.1, -0.05) is 0 Å². The van der Waals surface area contributed by atoms with Crippen molar-refractivity contribution >= 4 is 27.4 Å². The fourth-order valence-electron chi connectivity index (χ4n) is 3.50. The Morgan fingerprint density at radius 2 is 2.11 bits per heavy atom. The highest BCUT2D eigenvalue weighted by molar-refractivity contribution is 7.89. The zero-order valence-corrected chi connectivity index (χ0v) is 15.6. The van der Waals surface area contributed by atoms with Gasteiger partial charge in [-0.05, 0) is 31.0 Å². The Balaban J connectivity index is 1.94. The number of hydrogen-bond acceptors (Lipinski definition) is 6. The molecule has 8 nitrogen and oxygen atoms in total. The van der Waals surface area contributed by atoms with Crippen LogP contribution in [0.15, 0.2) is 23.1 Å². The van der Waals surface area contributed by atoms with Crippen LogP contribution < -0.4 is 4.90 Å². The number of ether oxygens (including phenoxy) is 1. The second-order valence-corrected chi connectivity index (χ2v) is 8.49. The molecule has 2 aliphatic rings. The smallest absolute Gasteiger partial charge is 0.299 e. The Kier molecular flexibility index (Phi) is 5.61. The van der Waals surface area contributed by atoms with E-state index in [-0.39, 0.29) is 35.3 Å². The number of aliphatic hydroxyl groups excluding tert-OH is 1. The molecule has 2 aliphatic heterocycles. The quantitative estimate of drug-likeness (QED) is 0.662. The number of carbonyl (C=O) groups excluding carboxylic acids is 2. The highest BCUT2D eigenvalue weighted by Gasteiger charge is 2.40. The monoisotopic (exact) mass is 400 g/mol. The average Bonchev–Trinajstić information content (AvgIpc) is 3.21. The number of halogens is 1. The predicted molar refractivity (Wildman–Crippen MR) is 93.9 cm³/mol. The summed E-state index contributed by atoms with van der Waals surface area (Å²) in [5, 5.41) is 9.46. The molecule has 2 heterocycles. The number of aliphatic hydroxyl groups is 1. The van der Waals surface area contributed by atoms with Gasteiger partial charge in [-0.3, -0.25) is 9.59 Å². The van der Waals surface area contributed by atoms with Crippen molar-refractivity contribution in [2.75, 3.05) is 38.4 Å². The van der Waals surface area contributed by atoms with E-state index in [1.807, 2.05) is 0 Å². The first-order valence-corrected chi connectivity index (χ1v) is 10.00. The summed E-state index contributed by atoms with van der Waals surface area (Å²) in [4.78, 5) is 25.3. The average molecular weight is 400 g/mol. The van der Waals surface area contributed by atoms with Crippen molar-refractivity contribution in [2.45, 2.75) is 29.9 Å². The van der Waals surface area contributed by atoms with Gasteiger partial charge < -0.3 is 14.7 Å². The maximum atomic E-state index is 13.0. The van der Waals surface area contributed by atoms with Gasteiger partial charge in [0.15, 0.2) is 0 Å². The van der Waals surface area contributed by atoms with E-state index in [9.17, 15) is 27.5 Å². The van der Waals surface area contributed by atoms with Crippen LogP contribution in [0.2, 0.25) is 0 Å². The van der Waals surface area contributed by atoms with Crippen LogP contribution >= 0.6 is 0 Å². The number of alkyl halides is 1. The fourth-order valence-corrected chi connectivity index (χ4v) is 5.21. The lowest BCUT2D eigenvalue weighted by Crippen LogP contribution is -2.38. The topological polar surface area (TPSA) is 104 Å². The molecular weight excluding hydrogens is 379 g/mol. The highest BCUT2D eigenvalue weighted by atomic mass is 32.2. The maximum absolute atomic E-state index is 13.0. The van der Waals surface area contributed by atoms with Gasteiger partial charge in [-0.2, -0.15) is 4.31 Å². The summed E-state index contributed by atoms with van der Waals surface area (Å²) in [6.45, 7) is -0.802. The first-order chi connectivity index (χ1) is 12.8. The number of β-amino-alcohol motifs (C(OH)–C–C–N with tert-alkyl or cyclic N) is 1. The third-order valence-electron chi connectivity index (χ3n) is 4.80. The molecule has 0 saturated carbocycles. The Hall–Kier alpha value is -1.88. The number of nitrogens with zero attached hydrogens (tertiary/aromatic N) is 2. The van der Waals surface area contributed by atoms with Crippen LogP contribution in [0, 0.1) is 0 Å². The number of Topliss-reactive ketones (excluding diaryl/α,β-unsaturated/α-hetero) is 1. The molecule has 1 amide bonds. The van der Waals surface area contributed by atoms with Gasteiger partial charge in [-0.15, -0.1) is 0 Å². The van der Waals surface area contributed by atoms with E-state index in [4.69, 9.17) is 4.74 Å². The van der Waals surface area contributed by atoms with E-state index in [0.29, 0.717) is 19.4 Å². The zero-order chi connectivity index (χ0) is 19.8. The minimum Gasteiger partial charge on any atom is -0.389 e. The van der Waals surface area contributed by atoms with Gasteiger partial charge in [0.1, 0.15) is 12.8 Å². The summed E-state index contributed by atoms with van der Waals surface area (Å²) in [6.07, 6.45) is -0.0232. The molecule has 0 unspecified atom stereocenters. The Labute approximate surface area is 156 Å². The summed E-state index contributed by atoms with van der Waals surface area (Å²) >= 11 is 0. The standard InChI is InChI=1S/C17H21FN2O6S/c1-26-10-11-3-2-6-20(11)27(24,25)13-4-5-15-14(7-13)16(22)17(23)19(15)9-12(21)8-18/h4-5,7,11-12,21H,2-3,6,8-10H2,1H3/t11-,12-/m1/s1. The molecule has 2 atom stereocenters. The van der Waals surface area contributed by atoms with Crippen molar-refractivity contribution in [1.29, 1.82) is 0 Å². The van der Waals surface area contributed by atoms with E-state index in [1.165, 1.54) is 29.6 Å². The molecule has 0 aromatic heterocycles. The fraction of sp³-hybridized carbons (Fsp3) is 0.529. The lowest BCUT2D eigenvalue weighted by atomic mass is 10.1.